The molecule has 0 aliphatic heterocycles. The molecule has 0 saturated heterocycles. The molecule has 0 spiro atoms. The van der Waals surface area contributed by atoms with Crippen molar-refractivity contribution in [3.63, 3.8) is 0 Å². The van der Waals surface area contributed by atoms with Gasteiger partial charge in [0.15, 0.2) is 11.5 Å². The zero-order valence-electron chi connectivity index (χ0n) is 11.2. The van der Waals surface area contributed by atoms with E-state index in [0.717, 1.165) is 23.6 Å². The SMILES string of the molecule is CNc1ccc(-n2nc(C(F)(F)F)cc2C2CC2)c(F)c1. The fourth-order valence-electron chi connectivity index (χ4n) is 2.23. The largest absolute Gasteiger partial charge is 0.435 e. The van der Waals surface area contributed by atoms with Gasteiger partial charge in [0.1, 0.15) is 5.69 Å². The van der Waals surface area contributed by atoms with Crippen LogP contribution in [0.2, 0.25) is 0 Å². The summed E-state index contributed by atoms with van der Waals surface area (Å²) in [4.78, 5) is 0. The summed E-state index contributed by atoms with van der Waals surface area (Å²) in [7, 11) is 1.64. The first-order valence-corrected chi connectivity index (χ1v) is 6.55. The lowest BCUT2D eigenvalue weighted by Gasteiger charge is -2.09. The number of nitrogens with one attached hydrogen (secondary N) is 1. The lowest BCUT2D eigenvalue weighted by Crippen LogP contribution is -2.08. The molecule has 21 heavy (non-hydrogen) atoms. The monoisotopic (exact) mass is 299 g/mol. The Morgan fingerprint density at radius 3 is 2.48 bits per heavy atom. The zero-order chi connectivity index (χ0) is 15.2. The second kappa shape index (κ2) is 4.75. The van der Waals surface area contributed by atoms with Crippen LogP contribution in [-0.2, 0) is 6.18 Å². The molecule has 1 saturated carbocycles. The lowest BCUT2D eigenvalue weighted by atomic mass is 10.2. The first-order valence-electron chi connectivity index (χ1n) is 6.55. The Hall–Kier alpha value is -2.05. The van der Waals surface area contributed by atoms with Crippen LogP contribution in [-0.4, -0.2) is 16.8 Å². The molecule has 112 valence electrons. The molecule has 0 unspecified atom stereocenters. The second-order valence-corrected chi connectivity index (χ2v) is 5.05. The summed E-state index contributed by atoms with van der Waals surface area (Å²) in [5.41, 5.74) is 0.0127. The summed E-state index contributed by atoms with van der Waals surface area (Å²) >= 11 is 0. The van der Waals surface area contributed by atoms with Gasteiger partial charge in [-0.25, -0.2) is 9.07 Å². The normalized spacial score (nSPS) is 15.3. The third-order valence-corrected chi connectivity index (χ3v) is 3.49. The molecule has 1 N–H and O–H groups in total. The summed E-state index contributed by atoms with van der Waals surface area (Å²) in [6.45, 7) is 0. The Bertz CT molecular complexity index is 671. The summed E-state index contributed by atoms with van der Waals surface area (Å²) in [5, 5.41) is 6.34. The molecule has 3 nitrogen and oxygen atoms in total. The molecule has 0 amide bonds. The van der Waals surface area contributed by atoms with Crippen LogP contribution in [0.1, 0.15) is 30.1 Å². The Morgan fingerprint density at radius 1 is 1.24 bits per heavy atom. The molecular weight excluding hydrogens is 286 g/mol. The topological polar surface area (TPSA) is 29.9 Å². The number of alkyl halides is 3. The fourth-order valence-corrected chi connectivity index (χ4v) is 2.23. The van der Waals surface area contributed by atoms with Crippen LogP contribution in [0.25, 0.3) is 5.69 Å². The van der Waals surface area contributed by atoms with Gasteiger partial charge in [0.25, 0.3) is 0 Å². The van der Waals surface area contributed by atoms with Crippen molar-refractivity contribution in [2.45, 2.75) is 24.9 Å². The smallest absolute Gasteiger partial charge is 0.388 e. The molecule has 0 atom stereocenters. The average Bonchev–Trinajstić information content (AvgIpc) is 3.16. The fraction of sp³-hybridized carbons (Fsp3) is 0.357. The van der Waals surface area contributed by atoms with Gasteiger partial charge in [-0.15, -0.1) is 0 Å². The van der Waals surface area contributed by atoms with Crippen molar-refractivity contribution < 1.29 is 17.6 Å². The maximum Gasteiger partial charge on any atom is 0.435 e. The van der Waals surface area contributed by atoms with Gasteiger partial charge in [0.05, 0.1) is 0 Å². The molecule has 1 fully saturated rings. The summed E-state index contributed by atoms with van der Waals surface area (Å²) in [6.07, 6.45) is -2.92. The van der Waals surface area contributed by atoms with E-state index in [1.807, 2.05) is 0 Å². The molecular formula is C14H13F4N3. The highest BCUT2D eigenvalue weighted by Crippen LogP contribution is 2.43. The van der Waals surface area contributed by atoms with Crippen LogP contribution >= 0.6 is 0 Å². The van der Waals surface area contributed by atoms with Crippen LogP contribution in [0, 0.1) is 5.82 Å². The van der Waals surface area contributed by atoms with E-state index in [1.165, 1.54) is 12.1 Å². The van der Waals surface area contributed by atoms with Crippen molar-refractivity contribution in [3.05, 3.63) is 41.5 Å². The summed E-state index contributed by atoms with van der Waals surface area (Å²) in [6, 6.07) is 5.29. The minimum absolute atomic E-state index is 0.0250. The van der Waals surface area contributed by atoms with Crippen LogP contribution in [0.4, 0.5) is 23.2 Å². The molecule has 2 aromatic rings. The minimum atomic E-state index is -4.53. The van der Waals surface area contributed by atoms with E-state index in [9.17, 15) is 17.6 Å². The van der Waals surface area contributed by atoms with Gasteiger partial charge < -0.3 is 5.32 Å². The molecule has 0 bridgehead atoms. The second-order valence-electron chi connectivity index (χ2n) is 5.05. The molecule has 0 radical (unpaired) electrons. The number of halogens is 4. The molecule has 1 aromatic heterocycles. The Labute approximate surface area is 118 Å². The number of aromatic nitrogens is 2. The average molecular weight is 299 g/mol. The van der Waals surface area contributed by atoms with Gasteiger partial charge in [-0.3, -0.25) is 0 Å². The van der Waals surface area contributed by atoms with Gasteiger partial charge in [-0.2, -0.15) is 18.3 Å². The van der Waals surface area contributed by atoms with E-state index in [4.69, 9.17) is 0 Å². The molecule has 1 heterocycles. The number of hydrogen-bond acceptors (Lipinski definition) is 2. The van der Waals surface area contributed by atoms with Crippen molar-refractivity contribution in [1.29, 1.82) is 0 Å². The number of nitrogens with zero attached hydrogens (tertiary/aromatic N) is 2. The molecule has 1 aliphatic carbocycles. The lowest BCUT2D eigenvalue weighted by molar-refractivity contribution is -0.141. The van der Waals surface area contributed by atoms with Gasteiger partial charge in [-0.1, -0.05) is 0 Å². The highest BCUT2D eigenvalue weighted by Gasteiger charge is 2.38. The molecule has 3 rings (SSSR count). The van der Waals surface area contributed by atoms with Crippen molar-refractivity contribution in [2.24, 2.45) is 0 Å². The van der Waals surface area contributed by atoms with Crippen LogP contribution < -0.4 is 5.32 Å². The highest BCUT2D eigenvalue weighted by atomic mass is 19.4. The van der Waals surface area contributed by atoms with Crippen molar-refractivity contribution in [1.82, 2.24) is 9.78 Å². The Morgan fingerprint density at radius 2 is 1.95 bits per heavy atom. The quantitative estimate of drug-likeness (QED) is 0.870. The number of benzene rings is 1. The number of rotatable bonds is 3. The van der Waals surface area contributed by atoms with Gasteiger partial charge >= 0.3 is 6.18 Å². The standard InChI is InChI=1S/C14H13F4N3/c1-19-9-4-5-11(10(15)6-9)21-12(8-2-3-8)7-13(20-21)14(16,17)18/h4-8,19H,2-3H2,1H3. The zero-order valence-corrected chi connectivity index (χ0v) is 11.2. The molecule has 7 heteroatoms. The van der Waals surface area contributed by atoms with E-state index >= 15 is 0 Å². The Kier molecular flexibility index (Phi) is 3.15. The summed E-state index contributed by atoms with van der Waals surface area (Å²) in [5.74, 6) is -0.586. The maximum absolute atomic E-state index is 14.1. The summed E-state index contributed by atoms with van der Waals surface area (Å²) < 4.78 is 53.7. The molecule has 1 aromatic carbocycles. The molecule has 1 aliphatic rings. The van der Waals surface area contributed by atoms with Gasteiger partial charge in [-0.05, 0) is 37.1 Å². The maximum atomic E-state index is 14.1. The predicted molar refractivity (Wildman–Crippen MR) is 70.0 cm³/mol. The predicted octanol–water partition coefficient (Wildman–Crippen LogP) is 3.95. The van der Waals surface area contributed by atoms with Crippen molar-refractivity contribution >= 4 is 5.69 Å². The van der Waals surface area contributed by atoms with E-state index in [0.29, 0.717) is 11.4 Å². The number of hydrogen-bond donors (Lipinski definition) is 1. The van der Waals surface area contributed by atoms with Gasteiger partial charge in [0.2, 0.25) is 0 Å². The number of anilines is 1. The first-order chi connectivity index (χ1) is 9.90. The van der Waals surface area contributed by atoms with Crippen LogP contribution in [0.15, 0.2) is 24.3 Å². The highest BCUT2D eigenvalue weighted by molar-refractivity contribution is 5.50. The van der Waals surface area contributed by atoms with E-state index in [2.05, 4.69) is 10.4 Å². The minimum Gasteiger partial charge on any atom is -0.388 e. The third kappa shape index (κ3) is 2.59. The van der Waals surface area contributed by atoms with Gasteiger partial charge in [0, 0.05) is 24.3 Å². The van der Waals surface area contributed by atoms with E-state index in [1.54, 1.807) is 13.1 Å². The van der Waals surface area contributed by atoms with E-state index in [-0.39, 0.29) is 11.6 Å². The Balaban J connectivity index is 2.11. The van der Waals surface area contributed by atoms with Crippen molar-refractivity contribution in [2.75, 3.05) is 12.4 Å². The van der Waals surface area contributed by atoms with Crippen molar-refractivity contribution in [3.8, 4) is 5.69 Å². The van der Waals surface area contributed by atoms with Crippen LogP contribution in [0.5, 0.6) is 0 Å². The first kappa shape index (κ1) is 13.9. The van der Waals surface area contributed by atoms with E-state index < -0.39 is 17.7 Å². The van der Waals surface area contributed by atoms with Crippen LogP contribution in [0.3, 0.4) is 0 Å². The third-order valence-electron chi connectivity index (χ3n) is 3.49.